The second-order valence-electron chi connectivity index (χ2n) is 6.71. The first-order valence-corrected chi connectivity index (χ1v) is 8.79. The molecular formula is C21H25NO3. The van der Waals surface area contributed by atoms with E-state index in [1.807, 2.05) is 62.4 Å². The van der Waals surface area contributed by atoms with Crippen molar-refractivity contribution in [1.29, 1.82) is 0 Å². The summed E-state index contributed by atoms with van der Waals surface area (Å²) in [6.07, 6.45) is 0.954. The summed E-state index contributed by atoms with van der Waals surface area (Å²) in [5.41, 5.74) is 3.32. The van der Waals surface area contributed by atoms with Crippen LogP contribution in [0.25, 0.3) is 0 Å². The lowest BCUT2D eigenvalue weighted by molar-refractivity contribution is -0.126. The topological polar surface area (TPSA) is 47.6 Å². The lowest BCUT2D eigenvalue weighted by atomic mass is 9.96. The van der Waals surface area contributed by atoms with Crippen LogP contribution in [0.5, 0.6) is 5.75 Å². The number of carbonyl (C=O) groups is 1. The number of ether oxygens (including phenoxy) is 2. The van der Waals surface area contributed by atoms with E-state index in [1.165, 1.54) is 0 Å². The van der Waals surface area contributed by atoms with Crippen LogP contribution in [0, 0.1) is 5.92 Å². The lowest BCUT2D eigenvalue weighted by Crippen LogP contribution is -2.37. The fourth-order valence-electron chi connectivity index (χ4n) is 2.85. The van der Waals surface area contributed by atoms with Gasteiger partial charge in [0, 0.05) is 6.54 Å². The van der Waals surface area contributed by atoms with E-state index in [4.69, 9.17) is 9.47 Å². The van der Waals surface area contributed by atoms with Crippen LogP contribution in [-0.4, -0.2) is 18.6 Å². The van der Waals surface area contributed by atoms with E-state index >= 15 is 0 Å². The smallest absolute Gasteiger partial charge is 0.227 e. The predicted molar refractivity (Wildman–Crippen MR) is 97.3 cm³/mol. The number of hydrogen-bond acceptors (Lipinski definition) is 3. The minimum absolute atomic E-state index is 0.0433. The van der Waals surface area contributed by atoms with E-state index in [0.717, 1.165) is 28.9 Å². The molecule has 3 rings (SSSR count). The van der Waals surface area contributed by atoms with Crippen molar-refractivity contribution >= 4 is 5.91 Å². The van der Waals surface area contributed by atoms with Crippen molar-refractivity contribution in [2.24, 2.45) is 5.92 Å². The maximum absolute atomic E-state index is 12.4. The summed E-state index contributed by atoms with van der Waals surface area (Å²) < 4.78 is 11.3. The molecule has 0 unspecified atom stereocenters. The molecule has 0 spiro atoms. The number of fused-ring (bicyclic) bond motifs is 1. The third kappa shape index (κ3) is 4.83. The van der Waals surface area contributed by atoms with E-state index in [0.29, 0.717) is 19.8 Å². The molecule has 1 amide bonds. The Balaban J connectivity index is 1.49. The molecule has 2 aromatic rings. The van der Waals surface area contributed by atoms with Crippen LogP contribution < -0.4 is 10.1 Å². The van der Waals surface area contributed by atoms with Crippen molar-refractivity contribution in [2.45, 2.75) is 39.5 Å². The lowest BCUT2D eigenvalue weighted by Gasteiger charge is -2.24. The summed E-state index contributed by atoms with van der Waals surface area (Å²) in [6.45, 7) is 5.63. The molecule has 1 aliphatic heterocycles. The number of amides is 1. The molecule has 0 radical (unpaired) electrons. The standard InChI is InChI=1S/C21H25NO3/c1-15(2)24-13-17-9-7-16(8-10-17)12-22-21(23)19-11-18-5-3-4-6-20(18)25-14-19/h3-10,15,19H,11-14H2,1-2H3,(H,22,23)/t19-/m1/s1. The van der Waals surface area contributed by atoms with Crippen LogP contribution in [0.1, 0.15) is 30.5 Å². The second kappa shape index (κ2) is 8.17. The molecular weight excluding hydrogens is 314 g/mol. The largest absolute Gasteiger partial charge is 0.492 e. The van der Waals surface area contributed by atoms with E-state index in [2.05, 4.69) is 5.32 Å². The molecule has 132 valence electrons. The average Bonchev–Trinajstić information content (AvgIpc) is 2.64. The van der Waals surface area contributed by atoms with Gasteiger partial charge in [-0.3, -0.25) is 4.79 Å². The van der Waals surface area contributed by atoms with Gasteiger partial charge in [0.25, 0.3) is 0 Å². The van der Waals surface area contributed by atoms with Crippen molar-refractivity contribution in [3.63, 3.8) is 0 Å². The van der Waals surface area contributed by atoms with Gasteiger partial charge < -0.3 is 14.8 Å². The highest BCUT2D eigenvalue weighted by Crippen LogP contribution is 2.26. The summed E-state index contributed by atoms with van der Waals surface area (Å²) in [7, 11) is 0. The van der Waals surface area contributed by atoms with Crippen LogP contribution in [-0.2, 0) is 29.1 Å². The molecule has 0 bridgehead atoms. The highest BCUT2D eigenvalue weighted by Gasteiger charge is 2.25. The van der Waals surface area contributed by atoms with Gasteiger partial charge in [-0.1, -0.05) is 42.5 Å². The Morgan fingerprint density at radius 1 is 1.16 bits per heavy atom. The first-order chi connectivity index (χ1) is 12.1. The van der Waals surface area contributed by atoms with Gasteiger partial charge in [0.05, 0.1) is 18.6 Å². The Kier molecular flexibility index (Phi) is 5.71. The van der Waals surface area contributed by atoms with E-state index in [9.17, 15) is 4.79 Å². The van der Waals surface area contributed by atoms with Gasteiger partial charge in [0.2, 0.25) is 5.91 Å². The van der Waals surface area contributed by atoms with Gasteiger partial charge in [-0.2, -0.15) is 0 Å². The fourth-order valence-corrected chi connectivity index (χ4v) is 2.85. The summed E-state index contributed by atoms with van der Waals surface area (Å²) in [5, 5.41) is 3.02. The van der Waals surface area contributed by atoms with Crippen LogP contribution in [0.3, 0.4) is 0 Å². The Morgan fingerprint density at radius 2 is 1.88 bits per heavy atom. The van der Waals surface area contributed by atoms with Crippen molar-refractivity contribution in [1.82, 2.24) is 5.32 Å². The van der Waals surface area contributed by atoms with Gasteiger partial charge in [0.15, 0.2) is 0 Å². The Bertz CT molecular complexity index is 709. The van der Waals surface area contributed by atoms with Crippen molar-refractivity contribution in [2.75, 3.05) is 6.61 Å². The Labute approximate surface area is 149 Å². The van der Waals surface area contributed by atoms with Gasteiger partial charge in [0.1, 0.15) is 12.4 Å². The average molecular weight is 339 g/mol. The Hall–Kier alpha value is -2.33. The zero-order valence-corrected chi connectivity index (χ0v) is 14.8. The van der Waals surface area contributed by atoms with Crippen molar-refractivity contribution < 1.29 is 14.3 Å². The van der Waals surface area contributed by atoms with Gasteiger partial charge >= 0.3 is 0 Å². The minimum Gasteiger partial charge on any atom is -0.492 e. The van der Waals surface area contributed by atoms with Crippen LogP contribution >= 0.6 is 0 Å². The van der Waals surface area contributed by atoms with E-state index in [-0.39, 0.29) is 17.9 Å². The molecule has 4 heteroatoms. The second-order valence-corrected chi connectivity index (χ2v) is 6.71. The van der Waals surface area contributed by atoms with E-state index < -0.39 is 0 Å². The van der Waals surface area contributed by atoms with Gasteiger partial charge in [-0.25, -0.2) is 0 Å². The monoisotopic (exact) mass is 339 g/mol. The minimum atomic E-state index is -0.131. The third-order valence-electron chi connectivity index (χ3n) is 4.32. The maximum Gasteiger partial charge on any atom is 0.227 e. The summed E-state index contributed by atoms with van der Waals surface area (Å²) in [4.78, 5) is 12.4. The van der Waals surface area contributed by atoms with Crippen LogP contribution in [0.15, 0.2) is 48.5 Å². The number of carbonyl (C=O) groups excluding carboxylic acids is 1. The number of hydrogen-bond donors (Lipinski definition) is 1. The molecule has 1 N–H and O–H groups in total. The van der Waals surface area contributed by atoms with Crippen LogP contribution in [0.2, 0.25) is 0 Å². The quantitative estimate of drug-likeness (QED) is 0.876. The highest BCUT2D eigenvalue weighted by molar-refractivity contribution is 5.79. The zero-order chi connectivity index (χ0) is 17.6. The molecule has 1 heterocycles. The third-order valence-corrected chi connectivity index (χ3v) is 4.32. The Morgan fingerprint density at radius 3 is 2.64 bits per heavy atom. The number of benzene rings is 2. The summed E-state index contributed by atoms with van der Waals surface area (Å²) in [5.74, 6) is 0.807. The number of rotatable bonds is 6. The SMILES string of the molecule is CC(C)OCc1ccc(CNC(=O)[C@H]2COc3ccccc3C2)cc1. The molecule has 0 saturated carbocycles. The molecule has 1 aliphatic rings. The number of para-hydroxylation sites is 1. The molecule has 1 atom stereocenters. The highest BCUT2D eigenvalue weighted by atomic mass is 16.5. The fraction of sp³-hybridized carbons (Fsp3) is 0.381. The predicted octanol–water partition coefficient (Wildman–Crippen LogP) is 3.48. The first kappa shape index (κ1) is 17.5. The zero-order valence-electron chi connectivity index (χ0n) is 14.8. The van der Waals surface area contributed by atoms with Gasteiger partial charge in [-0.05, 0) is 43.0 Å². The van der Waals surface area contributed by atoms with Crippen molar-refractivity contribution in [3.05, 3.63) is 65.2 Å². The molecule has 2 aromatic carbocycles. The van der Waals surface area contributed by atoms with Crippen molar-refractivity contribution in [3.8, 4) is 5.75 Å². The molecule has 0 aromatic heterocycles. The number of nitrogens with one attached hydrogen (secondary N) is 1. The van der Waals surface area contributed by atoms with E-state index in [1.54, 1.807) is 0 Å². The first-order valence-electron chi connectivity index (χ1n) is 8.79. The normalized spacial score (nSPS) is 16.2. The van der Waals surface area contributed by atoms with Gasteiger partial charge in [-0.15, -0.1) is 0 Å². The molecule has 0 saturated heterocycles. The molecule has 25 heavy (non-hydrogen) atoms. The van der Waals surface area contributed by atoms with Crippen LogP contribution in [0.4, 0.5) is 0 Å². The maximum atomic E-state index is 12.4. The summed E-state index contributed by atoms with van der Waals surface area (Å²) in [6, 6.07) is 16.1. The summed E-state index contributed by atoms with van der Waals surface area (Å²) >= 11 is 0. The molecule has 0 fully saturated rings. The molecule has 4 nitrogen and oxygen atoms in total. The molecule has 0 aliphatic carbocycles.